The van der Waals surface area contributed by atoms with Crippen LogP contribution in [-0.2, 0) is 0 Å². The quantitative estimate of drug-likeness (QED) is 0.755. The summed E-state index contributed by atoms with van der Waals surface area (Å²) in [5, 5.41) is 1.36. The fraction of sp³-hybridized carbons (Fsp3) is 0.143. The molecule has 88 valence electrons. The van der Waals surface area contributed by atoms with E-state index in [9.17, 15) is 0 Å². The Kier molecular flexibility index (Phi) is 3.93. The second-order valence-electron chi connectivity index (χ2n) is 3.59. The summed E-state index contributed by atoms with van der Waals surface area (Å²) in [6, 6.07) is 13.2. The molecule has 0 bridgehead atoms. The van der Waals surface area contributed by atoms with E-state index in [1.54, 1.807) is 12.1 Å². The highest BCUT2D eigenvalue weighted by molar-refractivity contribution is 6.35. The van der Waals surface area contributed by atoms with Crippen LogP contribution < -0.4 is 4.74 Å². The molecule has 0 aliphatic rings. The van der Waals surface area contributed by atoms with Gasteiger partial charge in [-0.05, 0) is 42.8 Å². The Morgan fingerprint density at radius 1 is 1.06 bits per heavy atom. The summed E-state index contributed by atoms with van der Waals surface area (Å²) in [6.45, 7) is 2.60. The Balaban J connectivity index is 2.45. The lowest BCUT2D eigenvalue weighted by molar-refractivity contribution is 0.340. The Morgan fingerprint density at radius 3 is 2.65 bits per heavy atom. The molecule has 0 atom stereocenters. The van der Waals surface area contributed by atoms with E-state index in [1.165, 1.54) is 0 Å². The van der Waals surface area contributed by atoms with Gasteiger partial charge in [-0.1, -0.05) is 35.3 Å². The van der Waals surface area contributed by atoms with Gasteiger partial charge in [-0.2, -0.15) is 0 Å². The van der Waals surface area contributed by atoms with Crippen molar-refractivity contribution in [2.75, 3.05) is 6.61 Å². The zero-order chi connectivity index (χ0) is 12.3. The van der Waals surface area contributed by atoms with Crippen LogP contribution in [0.1, 0.15) is 6.92 Å². The third-order valence-electron chi connectivity index (χ3n) is 2.38. The molecule has 0 aliphatic carbocycles. The summed E-state index contributed by atoms with van der Waals surface area (Å²) >= 11 is 12.1. The first-order valence-corrected chi connectivity index (χ1v) is 6.14. The van der Waals surface area contributed by atoms with Crippen LogP contribution in [-0.4, -0.2) is 6.61 Å². The van der Waals surface area contributed by atoms with E-state index in [0.717, 1.165) is 16.9 Å². The molecule has 0 saturated carbocycles. The van der Waals surface area contributed by atoms with Crippen molar-refractivity contribution in [1.82, 2.24) is 0 Å². The minimum absolute atomic E-state index is 0.646. The standard InChI is InChI=1S/C14H12Cl2O/c1-2-17-12-5-3-4-10(8-12)13-9-11(15)6-7-14(13)16/h3-9H,2H2,1H3. The third-order valence-corrected chi connectivity index (χ3v) is 2.95. The van der Waals surface area contributed by atoms with E-state index < -0.39 is 0 Å². The zero-order valence-corrected chi connectivity index (χ0v) is 10.9. The average Bonchev–Trinajstić information content (AvgIpc) is 2.33. The van der Waals surface area contributed by atoms with Crippen LogP contribution in [0.3, 0.4) is 0 Å². The maximum atomic E-state index is 6.16. The van der Waals surface area contributed by atoms with Crippen LogP contribution in [0, 0.1) is 0 Å². The second-order valence-corrected chi connectivity index (χ2v) is 4.43. The molecule has 2 aromatic rings. The molecule has 0 heterocycles. The van der Waals surface area contributed by atoms with Crippen molar-refractivity contribution in [3.63, 3.8) is 0 Å². The number of halogens is 2. The molecule has 1 nitrogen and oxygen atoms in total. The first-order valence-electron chi connectivity index (χ1n) is 5.39. The van der Waals surface area contributed by atoms with Gasteiger partial charge >= 0.3 is 0 Å². The van der Waals surface area contributed by atoms with Crippen molar-refractivity contribution < 1.29 is 4.74 Å². The van der Waals surface area contributed by atoms with Gasteiger partial charge in [0.05, 0.1) is 6.61 Å². The monoisotopic (exact) mass is 266 g/mol. The summed E-state index contributed by atoms with van der Waals surface area (Å²) in [6.07, 6.45) is 0. The van der Waals surface area contributed by atoms with Gasteiger partial charge in [-0.15, -0.1) is 0 Å². The normalized spacial score (nSPS) is 10.3. The lowest BCUT2D eigenvalue weighted by Gasteiger charge is -2.08. The summed E-state index contributed by atoms with van der Waals surface area (Å²) in [5.41, 5.74) is 1.92. The Hall–Kier alpha value is -1.18. The second kappa shape index (κ2) is 5.44. The molecular weight excluding hydrogens is 255 g/mol. The number of rotatable bonds is 3. The maximum absolute atomic E-state index is 6.16. The van der Waals surface area contributed by atoms with Crippen LogP contribution in [0.5, 0.6) is 5.75 Å². The van der Waals surface area contributed by atoms with E-state index in [4.69, 9.17) is 27.9 Å². The summed E-state index contributed by atoms with van der Waals surface area (Å²) < 4.78 is 5.46. The van der Waals surface area contributed by atoms with Gasteiger partial charge in [0.15, 0.2) is 0 Å². The third kappa shape index (κ3) is 2.93. The van der Waals surface area contributed by atoms with Gasteiger partial charge in [-0.3, -0.25) is 0 Å². The molecule has 0 fully saturated rings. The van der Waals surface area contributed by atoms with Crippen LogP contribution in [0.4, 0.5) is 0 Å². The molecule has 0 radical (unpaired) electrons. The molecule has 0 spiro atoms. The number of benzene rings is 2. The highest BCUT2D eigenvalue weighted by Gasteiger charge is 2.05. The van der Waals surface area contributed by atoms with Crippen LogP contribution in [0.15, 0.2) is 42.5 Å². The van der Waals surface area contributed by atoms with E-state index in [-0.39, 0.29) is 0 Å². The number of hydrogen-bond acceptors (Lipinski definition) is 1. The molecule has 2 rings (SSSR count). The first kappa shape index (κ1) is 12.3. The highest BCUT2D eigenvalue weighted by atomic mass is 35.5. The van der Waals surface area contributed by atoms with Crippen LogP contribution in [0.2, 0.25) is 10.0 Å². The molecule has 17 heavy (non-hydrogen) atoms. The van der Waals surface area contributed by atoms with Gasteiger partial charge in [-0.25, -0.2) is 0 Å². The summed E-state index contributed by atoms with van der Waals surface area (Å²) in [7, 11) is 0. The lowest BCUT2D eigenvalue weighted by atomic mass is 10.1. The largest absolute Gasteiger partial charge is 0.494 e. The van der Waals surface area contributed by atoms with Crippen molar-refractivity contribution in [2.24, 2.45) is 0 Å². The fourth-order valence-electron chi connectivity index (χ4n) is 1.64. The van der Waals surface area contributed by atoms with Gasteiger partial charge in [0.1, 0.15) is 5.75 Å². The van der Waals surface area contributed by atoms with Gasteiger partial charge in [0.2, 0.25) is 0 Å². The van der Waals surface area contributed by atoms with Crippen molar-refractivity contribution in [2.45, 2.75) is 6.92 Å². The fourth-order valence-corrected chi connectivity index (χ4v) is 2.04. The maximum Gasteiger partial charge on any atom is 0.119 e. The molecule has 0 amide bonds. The Bertz CT molecular complexity index is 523. The van der Waals surface area contributed by atoms with Crippen LogP contribution >= 0.6 is 23.2 Å². The first-order chi connectivity index (χ1) is 8.20. The molecule has 0 N–H and O–H groups in total. The summed E-state index contributed by atoms with van der Waals surface area (Å²) in [5.74, 6) is 0.834. The summed E-state index contributed by atoms with van der Waals surface area (Å²) in [4.78, 5) is 0. The number of ether oxygens (including phenoxy) is 1. The zero-order valence-electron chi connectivity index (χ0n) is 9.41. The predicted molar refractivity (Wildman–Crippen MR) is 73.1 cm³/mol. The van der Waals surface area contributed by atoms with Crippen molar-refractivity contribution in [1.29, 1.82) is 0 Å². The van der Waals surface area contributed by atoms with Gasteiger partial charge in [0.25, 0.3) is 0 Å². The minimum Gasteiger partial charge on any atom is -0.494 e. The molecule has 0 saturated heterocycles. The van der Waals surface area contributed by atoms with Gasteiger partial charge < -0.3 is 4.74 Å². The van der Waals surface area contributed by atoms with E-state index in [0.29, 0.717) is 16.7 Å². The SMILES string of the molecule is CCOc1cccc(-c2cc(Cl)ccc2Cl)c1. The molecular formula is C14H12Cl2O. The molecule has 0 aliphatic heterocycles. The van der Waals surface area contributed by atoms with E-state index in [2.05, 4.69) is 0 Å². The average molecular weight is 267 g/mol. The highest BCUT2D eigenvalue weighted by Crippen LogP contribution is 2.32. The van der Waals surface area contributed by atoms with E-state index >= 15 is 0 Å². The Morgan fingerprint density at radius 2 is 1.88 bits per heavy atom. The molecule has 3 heteroatoms. The predicted octanol–water partition coefficient (Wildman–Crippen LogP) is 5.06. The van der Waals surface area contributed by atoms with Crippen molar-refractivity contribution in [3.8, 4) is 16.9 Å². The topological polar surface area (TPSA) is 9.23 Å². The minimum atomic E-state index is 0.646. The smallest absolute Gasteiger partial charge is 0.119 e. The lowest BCUT2D eigenvalue weighted by Crippen LogP contribution is -1.91. The van der Waals surface area contributed by atoms with Crippen molar-refractivity contribution in [3.05, 3.63) is 52.5 Å². The molecule has 2 aromatic carbocycles. The van der Waals surface area contributed by atoms with Gasteiger partial charge in [0, 0.05) is 15.6 Å². The molecule has 0 aromatic heterocycles. The Labute approximate surface area is 111 Å². The van der Waals surface area contributed by atoms with Crippen LogP contribution in [0.25, 0.3) is 11.1 Å². The number of hydrogen-bond donors (Lipinski definition) is 0. The molecule has 0 unspecified atom stereocenters. The van der Waals surface area contributed by atoms with Crippen molar-refractivity contribution >= 4 is 23.2 Å². The van der Waals surface area contributed by atoms with E-state index in [1.807, 2.05) is 37.3 Å².